The average Bonchev–Trinajstić information content (AvgIpc) is 3.14. The molecule has 3 aromatic rings. The normalized spacial score (nSPS) is 22.0. The zero-order valence-electron chi connectivity index (χ0n) is 19.8. The summed E-state index contributed by atoms with van der Waals surface area (Å²) in [5.41, 5.74) is 0.831. The van der Waals surface area contributed by atoms with Gasteiger partial charge in [0.2, 0.25) is 11.8 Å². The minimum absolute atomic E-state index is 0. The van der Waals surface area contributed by atoms with Gasteiger partial charge in [-0.2, -0.15) is 0 Å². The minimum atomic E-state index is -1.20. The Labute approximate surface area is 243 Å². The van der Waals surface area contributed by atoms with Crippen molar-refractivity contribution >= 4 is 76.0 Å². The Balaban J connectivity index is 0.00000336. The molecule has 2 fully saturated rings. The van der Waals surface area contributed by atoms with E-state index < -0.39 is 51.9 Å². The third-order valence-corrected chi connectivity index (χ3v) is 8.06. The zero-order valence-corrected chi connectivity index (χ0v) is 20.6. The van der Waals surface area contributed by atoms with Crippen LogP contribution < -0.4 is 10.6 Å². The van der Waals surface area contributed by atoms with E-state index in [2.05, 4.69) is 20.6 Å². The van der Waals surface area contributed by atoms with Crippen LogP contribution in [-0.2, 0) is 14.4 Å². The zero-order chi connectivity index (χ0) is 26.5. The second-order valence-corrected chi connectivity index (χ2v) is 11.1. The van der Waals surface area contributed by atoms with E-state index in [1.54, 1.807) is 56.3 Å². The molecule has 0 bridgehead atoms. The van der Waals surface area contributed by atoms with Gasteiger partial charge in [0.05, 0.1) is 5.52 Å². The van der Waals surface area contributed by atoms with Crippen LogP contribution in [0.3, 0.4) is 0 Å². The fraction of sp³-hybridized carbons (Fsp3) is 0.280. The van der Waals surface area contributed by atoms with Crippen LogP contribution in [0.25, 0.3) is 11.0 Å². The second-order valence-electron chi connectivity index (χ2n) is 9.29. The van der Waals surface area contributed by atoms with Crippen molar-refractivity contribution in [1.82, 2.24) is 25.5 Å². The molecular formula is C25H24N5NaO6S. The molecule has 0 spiro atoms. The summed E-state index contributed by atoms with van der Waals surface area (Å²) in [6, 6.07) is 8.57. The fourth-order valence-electron chi connectivity index (χ4n) is 4.71. The molecule has 192 valence electrons. The topological polar surface area (TPSA) is 162 Å². The number of nitrogens with one attached hydrogen (secondary N) is 2. The van der Waals surface area contributed by atoms with Crippen LogP contribution in [0.4, 0.5) is 0 Å². The summed E-state index contributed by atoms with van der Waals surface area (Å²) < 4.78 is -0.743. The molecule has 13 heteroatoms. The summed E-state index contributed by atoms with van der Waals surface area (Å²) in [5.74, 6) is -3.38. The van der Waals surface area contributed by atoms with Crippen molar-refractivity contribution in [1.29, 1.82) is 0 Å². The van der Waals surface area contributed by atoms with E-state index in [1.165, 1.54) is 29.1 Å². The Morgan fingerprint density at radius 2 is 1.82 bits per heavy atom. The van der Waals surface area contributed by atoms with Crippen LogP contribution in [0.1, 0.15) is 35.8 Å². The number of rotatable bonds is 6. The summed E-state index contributed by atoms with van der Waals surface area (Å²) in [4.78, 5) is 60.7. The van der Waals surface area contributed by atoms with Crippen molar-refractivity contribution in [3.05, 3.63) is 66.0 Å². The van der Waals surface area contributed by atoms with Gasteiger partial charge < -0.3 is 25.7 Å². The van der Waals surface area contributed by atoms with E-state index in [0.717, 1.165) is 0 Å². The van der Waals surface area contributed by atoms with Crippen molar-refractivity contribution < 1.29 is 29.4 Å². The molecule has 2 saturated heterocycles. The Morgan fingerprint density at radius 1 is 1.11 bits per heavy atom. The first-order chi connectivity index (χ1) is 17.6. The number of carboxylic acid groups (broad SMARTS) is 1. The Morgan fingerprint density at radius 3 is 2.50 bits per heavy atom. The molecule has 38 heavy (non-hydrogen) atoms. The first-order valence-electron chi connectivity index (χ1n) is 11.4. The van der Waals surface area contributed by atoms with E-state index >= 15 is 0 Å². The van der Waals surface area contributed by atoms with E-state index in [9.17, 15) is 29.4 Å². The summed E-state index contributed by atoms with van der Waals surface area (Å²) in [6.07, 6.45) is 2.66. The van der Waals surface area contributed by atoms with Crippen LogP contribution in [0.2, 0.25) is 0 Å². The van der Waals surface area contributed by atoms with Gasteiger partial charge in [0.1, 0.15) is 34.6 Å². The van der Waals surface area contributed by atoms with Gasteiger partial charge in [0.25, 0.3) is 5.91 Å². The van der Waals surface area contributed by atoms with Gasteiger partial charge >= 0.3 is 35.5 Å². The van der Waals surface area contributed by atoms with Gasteiger partial charge in [0, 0.05) is 17.1 Å². The number of carbonyl (C=O) groups excluding carboxylic acids is 3. The van der Waals surface area contributed by atoms with Crippen molar-refractivity contribution in [2.24, 2.45) is 0 Å². The van der Waals surface area contributed by atoms with E-state index in [4.69, 9.17) is 0 Å². The van der Waals surface area contributed by atoms with Crippen LogP contribution >= 0.6 is 11.8 Å². The molecule has 1 aromatic carbocycles. The van der Waals surface area contributed by atoms with Crippen LogP contribution in [-0.4, -0.2) is 101 Å². The monoisotopic (exact) mass is 545 g/mol. The number of fused-ring (bicyclic) bond motifs is 2. The Bertz CT molecular complexity index is 1440. The van der Waals surface area contributed by atoms with Crippen LogP contribution in [0.15, 0.2) is 54.9 Å². The first-order valence-corrected chi connectivity index (χ1v) is 12.3. The number of β-lactam (4-membered cyclic amide) rings is 1. The number of carbonyl (C=O) groups is 4. The number of hydrogen-bond acceptors (Lipinski definition) is 8. The number of aromatic nitrogens is 2. The van der Waals surface area contributed by atoms with E-state index in [0.29, 0.717) is 11.1 Å². The number of pyridine rings is 2. The molecule has 2 aliphatic heterocycles. The predicted octanol–water partition coefficient (Wildman–Crippen LogP) is 0.790. The van der Waals surface area contributed by atoms with E-state index in [-0.39, 0.29) is 46.4 Å². The molecule has 4 heterocycles. The van der Waals surface area contributed by atoms with Gasteiger partial charge in [-0.25, -0.2) is 4.79 Å². The number of amides is 3. The predicted molar refractivity (Wildman–Crippen MR) is 141 cm³/mol. The Hall–Kier alpha value is -3.19. The van der Waals surface area contributed by atoms with Gasteiger partial charge in [-0.15, -0.1) is 11.8 Å². The molecule has 1 unspecified atom stereocenters. The summed E-state index contributed by atoms with van der Waals surface area (Å²) in [6.45, 7) is 3.49. The van der Waals surface area contributed by atoms with Crippen LogP contribution in [0, 0.1) is 0 Å². The number of benzene rings is 1. The molecule has 4 N–H and O–H groups in total. The second kappa shape index (κ2) is 10.5. The van der Waals surface area contributed by atoms with Crippen LogP contribution in [0.5, 0.6) is 5.75 Å². The molecule has 5 rings (SSSR count). The molecule has 0 radical (unpaired) electrons. The van der Waals surface area contributed by atoms with Crippen molar-refractivity contribution in [3.8, 4) is 5.75 Å². The number of thioether (sulfide) groups is 1. The molecule has 0 saturated carbocycles. The number of aromatic hydroxyl groups is 1. The number of nitrogens with zero attached hydrogens (tertiary/aromatic N) is 3. The molecular weight excluding hydrogens is 521 g/mol. The first kappa shape index (κ1) is 27.8. The van der Waals surface area contributed by atoms with Gasteiger partial charge in [-0.05, 0) is 31.5 Å². The fourth-order valence-corrected chi connectivity index (χ4v) is 6.33. The SMILES string of the molecule is CC1(C)S[C@@H]2[C@H](NC(=O)C(NC(=O)c3cnc4cccnc4c3O)c3ccccc3)C(=O)N2[C@H]1C(=O)O.[NaH]. The summed E-state index contributed by atoms with van der Waals surface area (Å²) in [5, 5.41) is 25.0. The third kappa shape index (κ3) is 4.73. The van der Waals surface area contributed by atoms with Gasteiger partial charge in [-0.1, -0.05) is 30.3 Å². The maximum atomic E-state index is 13.4. The maximum absolute atomic E-state index is 13.4. The standard InChI is InChI=1S/C25H23N5O6S.Na.H/c1-25(2)19(24(35)36)30-22(34)17(23(30)37-25)29-21(33)15(12-7-4-3-5-8-12)28-20(32)13-11-27-14-9-6-10-26-16(14)18(13)31;;/h3-11,15,17,19,23H,1-2H3,(H,27,31)(H,28,32)(H,29,33)(H,35,36);;/t15?,17-,19+,23-;;/m1../s1. The van der Waals surface area contributed by atoms with Gasteiger partial charge in [0.15, 0.2) is 5.75 Å². The quantitative estimate of drug-likeness (QED) is 0.259. The Kier molecular flexibility index (Phi) is 7.71. The number of carboxylic acids is 1. The van der Waals surface area contributed by atoms with Crippen molar-refractivity contribution in [3.63, 3.8) is 0 Å². The van der Waals surface area contributed by atoms with Gasteiger partial charge in [-0.3, -0.25) is 24.4 Å². The van der Waals surface area contributed by atoms with Crippen molar-refractivity contribution in [2.75, 3.05) is 0 Å². The number of hydrogen-bond donors (Lipinski definition) is 4. The number of aliphatic carboxylic acids is 1. The van der Waals surface area contributed by atoms with Crippen molar-refractivity contribution in [2.45, 2.75) is 42.1 Å². The third-order valence-electron chi connectivity index (χ3n) is 6.49. The summed E-state index contributed by atoms with van der Waals surface area (Å²) in [7, 11) is 0. The summed E-state index contributed by atoms with van der Waals surface area (Å²) >= 11 is 1.30. The molecule has 4 atom stereocenters. The molecule has 0 aliphatic carbocycles. The molecule has 3 amide bonds. The molecule has 2 aromatic heterocycles. The van der Waals surface area contributed by atoms with E-state index in [1.807, 2.05) is 0 Å². The molecule has 11 nitrogen and oxygen atoms in total. The average molecular weight is 546 g/mol. The molecule has 2 aliphatic rings.